The van der Waals surface area contributed by atoms with Crippen LogP contribution in [-0.4, -0.2) is 20.5 Å². The van der Waals surface area contributed by atoms with Crippen LogP contribution < -0.4 is 9.46 Å². The fraction of sp³-hybridized carbons (Fsp3) is 0.0833. The van der Waals surface area contributed by atoms with Gasteiger partial charge in [0.1, 0.15) is 5.75 Å². The van der Waals surface area contributed by atoms with Crippen LogP contribution >= 0.6 is 11.6 Å². The number of ether oxygens (including phenoxy) is 1. The molecule has 0 bridgehead atoms. The molecule has 2 rings (SSSR count). The van der Waals surface area contributed by atoms with Gasteiger partial charge in [0.15, 0.2) is 0 Å². The summed E-state index contributed by atoms with van der Waals surface area (Å²) in [5.41, 5.74) is 0.386. The summed E-state index contributed by atoms with van der Waals surface area (Å²) >= 11 is 5.86. The molecule has 1 aromatic carbocycles. The maximum atomic E-state index is 12.1. The summed E-state index contributed by atoms with van der Waals surface area (Å²) in [5.74, 6) is 0.302. The second kappa shape index (κ2) is 5.46. The number of anilines is 1. The highest BCUT2D eigenvalue weighted by Gasteiger charge is 2.16. The summed E-state index contributed by atoms with van der Waals surface area (Å²) in [7, 11) is -2.27. The molecule has 100 valence electrons. The Hall–Kier alpha value is -1.79. The lowest BCUT2D eigenvalue weighted by atomic mass is 10.3. The van der Waals surface area contributed by atoms with Crippen LogP contribution in [0.25, 0.3) is 0 Å². The van der Waals surface area contributed by atoms with Gasteiger partial charge in [-0.2, -0.15) is 0 Å². The molecule has 0 aliphatic carbocycles. The van der Waals surface area contributed by atoms with Crippen LogP contribution in [0.4, 0.5) is 5.69 Å². The number of hydrogen-bond acceptors (Lipinski definition) is 4. The van der Waals surface area contributed by atoms with Gasteiger partial charge >= 0.3 is 0 Å². The van der Waals surface area contributed by atoms with Crippen LogP contribution in [0, 0.1) is 0 Å². The van der Waals surface area contributed by atoms with Crippen LogP contribution in [0.15, 0.2) is 47.6 Å². The molecule has 7 heteroatoms. The number of benzene rings is 1. The second-order valence-corrected chi connectivity index (χ2v) is 5.73. The van der Waals surface area contributed by atoms with Crippen molar-refractivity contribution in [2.24, 2.45) is 0 Å². The molecule has 0 aliphatic rings. The fourth-order valence-corrected chi connectivity index (χ4v) is 2.70. The van der Waals surface area contributed by atoms with Gasteiger partial charge in [0.25, 0.3) is 10.0 Å². The molecule has 0 spiro atoms. The van der Waals surface area contributed by atoms with Crippen molar-refractivity contribution in [3.8, 4) is 5.75 Å². The molecule has 0 aliphatic heterocycles. The molecule has 19 heavy (non-hydrogen) atoms. The van der Waals surface area contributed by atoms with Crippen molar-refractivity contribution in [3.63, 3.8) is 0 Å². The Morgan fingerprint density at radius 1 is 1.32 bits per heavy atom. The lowest BCUT2D eigenvalue weighted by molar-refractivity contribution is 0.413. The first-order chi connectivity index (χ1) is 9.03. The van der Waals surface area contributed by atoms with Gasteiger partial charge < -0.3 is 4.74 Å². The summed E-state index contributed by atoms with van der Waals surface area (Å²) in [6.07, 6.45) is 2.98. The van der Waals surface area contributed by atoms with Crippen LogP contribution in [-0.2, 0) is 10.0 Å². The number of methoxy groups -OCH3 is 1. The summed E-state index contributed by atoms with van der Waals surface area (Å²) in [5, 5.41) is 0.350. The molecular formula is C12H11ClN2O3S. The van der Waals surface area contributed by atoms with Crippen molar-refractivity contribution in [1.82, 2.24) is 4.98 Å². The van der Waals surface area contributed by atoms with E-state index in [1.807, 2.05) is 0 Å². The molecule has 0 fully saturated rings. The highest BCUT2D eigenvalue weighted by atomic mass is 35.5. The SMILES string of the molecule is COc1cc(S(=O)(=O)Nc2cccnc2)ccc1Cl. The van der Waals surface area contributed by atoms with Gasteiger partial charge in [-0.1, -0.05) is 11.6 Å². The second-order valence-electron chi connectivity index (χ2n) is 3.64. The van der Waals surface area contributed by atoms with E-state index >= 15 is 0 Å². The monoisotopic (exact) mass is 298 g/mol. The van der Waals surface area contributed by atoms with Crippen molar-refractivity contribution < 1.29 is 13.2 Å². The minimum Gasteiger partial charge on any atom is -0.495 e. The number of sulfonamides is 1. The molecule has 0 saturated heterocycles. The standard InChI is InChI=1S/C12H11ClN2O3S/c1-18-12-7-10(4-5-11(12)13)19(16,17)15-9-3-2-6-14-8-9/h2-8,15H,1H3. The Kier molecular flexibility index (Phi) is 3.92. The minimum atomic E-state index is -3.69. The quantitative estimate of drug-likeness (QED) is 0.942. The number of nitrogens with zero attached hydrogens (tertiary/aromatic N) is 1. The first-order valence-electron chi connectivity index (χ1n) is 5.29. The number of rotatable bonds is 4. The Balaban J connectivity index is 2.35. The lowest BCUT2D eigenvalue weighted by Gasteiger charge is -2.09. The molecule has 1 N–H and O–H groups in total. The predicted molar refractivity (Wildman–Crippen MR) is 73.0 cm³/mol. The molecule has 0 amide bonds. The smallest absolute Gasteiger partial charge is 0.262 e. The van der Waals surface area contributed by atoms with Gasteiger partial charge in [-0.3, -0.25) is 9.71 Å². The van der Waals surface area contributed by atoms with Crippen LogP contribution in [0.3, 0.4) is 0 Å². The molecule has 5 nitrogen and oxygen atoms in total. The molecule has 0 unspecified atom stereocenters. The van der Waals surface area contributed by atoms with Gasteiger partial charge in [-0.05, 0) is 24.3 Å². The van der Waals surface area contributed by atoms with E-state index in [4.69, 9.17) is 16.3 Å². The van der Waals surface area contributed by atoms with E-state index in [-0.39, 0.29) is 4.90 Å². The van der Waals surface area contributed by atoms with E-state index in [9.17, 15) is 8.42 Å². The van der Waals surface area contributed by atoms with Gasteiger partial charge in [0.2, 0.25) is 0 Å². The summed E-state index contributed by atoms with van der Waals surface area (Å²) < 4.78 is 31.7. The lowest BCUT2D eigenvalue weighted by Crippen LogP contribution is -2.13. The zero-order valence-corrected chi connectivity index (χ0v) is 11.6. The zero-order valence-electron chi connectivity index (χ0n) is 10.00. The Labute approximate surface area is 116 Å². The molecule has 1 heterocycles. The van der Waals surface area contributed by atoms with Gasteiger partial charge in [0.05, 0.1) is 28.9 Å². The molecule has 0 saturated carbocycles. The third-order valence-electron chi connectivity index (χ3n) is 2.35. The minimum absolute atomic E-state index is 0.0672. The first-order valence-corrected chi connectivity index (χ1v) is 7.15. The summed E-state index contributed by atoms with van der Waals surface area (Å²) in [4.78, 5) is 3.90. The van der Waals surface area contributed by atoms with Crippen molar-refractivity contribution in [2.45, 2.75) is 4.90 Å². The number of hydrogen-bond donors (Lipinski definition) is 1. The number of aromatic nitrogens is 1. The van der Waals surface area contributed by atoms with Crippen molar-refractivity contribution >= 4 is 27.3 Å². The highest BCUT2D eigenvalue weighted by molar-refractivity contribution is 7.92. The molecule has 0 radical (unpaired) electrons. The van der Waals surface area contributed by atoms with Crippen molar-refractivity contribution in [2.75, 3.05) is 11.8 Å². The third kappa shape index (κ3) is 3.15. The third-order valence-corrected chi connectivity index (χ3v) is 4.04. The predicted octanol–water partition coefficient (Wildman–Crippen LogP) is 2.54. The van der Waals surface area contributed by atoms with E-state index in [0.717, 1.165) is 0 Å². The van der Waals surface area contributed by atoms with E-state index in [2.05, 4.69) is 9.71 Å². The highest BCUT2D eigenvalue weighted by Crippen LogP contribution is 2.27. The van der Waals surface area contributed by atoms with Crippen molar-refractivity contribution in [3.05, 3.63) is 47.7 Å². The first kappa shape index (κ1) is 13.6. The van der Waals surface area contributed by atoms with Crippen LogP contribution in [0.5, 0.6) is 5.75 Å². The Morgan fingerprint density at radius 3 is 2.74 bits per heavy atom. The van der Waals surface area contributed by atoms with E-state index in [1.165, 1.54) is 31.5 Å². The van der Waals surface area contributed by atoms with E-state index in [1.54, 1.807) is 18.3 Å². The average Bonchev–Trinajstić information content (AvgIpc) is 2.39. The maximum Gasteiger partial charge on any atom is 0.262 e. The normalized spacial score (nSPS) is 11.1. The van der Waals surface area contributed by atoms with Crippen LogP contribution in [0.1, 0.15) is 0 Å². The zero-order chi connectivity index (χ0) is 13.9. The Morgan fingerprint density at radius 2 is 2.11 bits per heavy atom. The summed E-state index contributed by atoms with van der Waals surface area (Å²) in [6.45, 7) is 0. The number of halogens is 1. The van der Waals surface area contributed by atoms with Crippen molar-refractivity contribution in [1.29, 1.82) is 0 Å². The maximum absolute atomic E-state index is 12.1. The summed E-state index contributed by atoms with van der Waals surface area (Å²) in [6, 6.07) is 7.49. The van der Waals surface area contributed by atoms with E-state index < -0.39 is 10.0 Å². The Bertz CT molecular complexity index is 675. The number of nitrogens with one attached hydrogen (secondary N) is 1. The van der Waals surface area contributed by atoms with Gasteiger partial charge in [-0.15, -0.1) is 0 Å². The van der Waals surface area contributed by atoms with Crippen LogP contribution in [0.2, 0.25) is 5.02 Å². The van der Waals surface area contributed by atoms with Gasteiger partial charge in [-0.25, -0.2) is 8.42 Å². The molecule has 0 atom stereocenters. The molecular weight excluding hydrogens is 288 g/mol. The van der Waals surface area contributed by atoms with Gasteiger partial charge in [0, 0.05) is 12.3 Å². The van der Waals surface area contributed by atoms with E-state index in [0.29, 0.717) is 16.5 Å². The largest absolute Gasteiger partial charge is 0.495 e. The molecule has 1 aromatic heterocycles. The molecule has 2 aromatic rings. The number of pyridine rings is 1. The average molecular weight is 299 g/mol. The fourth-order valence-electron chi connectivity index (χ4n) is 1.44. The topological polar surface area (TPSA) is 68.3 Å².